The highest BCUT2D eigenvalue weighted by Gasteiger charge is 2.04. The number of hydrogen-bond donors (Lipinski definition) is 1. The Bertz CT molecular complexity index is 997. The number of carbonyl (C=O) groups excluding carboxylic acids is 1. The Balaban J connectivity index is 1.51. The van der Waals surface area contributed by atoms with Gasteiger partial charge in [-0.3, -0.25) is 4.79 Å². The van der Waals surface area contributed by atoms with Gasteiger partial charge in [0.1, 0.15) is 11.3 Å². The molecule has 0 spiro atoms. The molecule has 1 aromatic heterocycles. The van der Waals surface area contributed by atoms with Crippen molar-refractivity contribution in [2.75, 3.05) is 13.2 Å². The number of nitrogens with one attached hydrogen (secondary N) is 1. The van der Waals surface area contributed by atoms with E-state index in [1.165, 1.54) is 6.07 Å². The monoisotopic (exact) mass is 333 g/mol. The van der Waals surface area contributed by atoms with Crippen LogP contribution in [0.2, 0.25) is 0 Å². The third-order valence-corrected chi connectivity index (χ3v) is 3.34. The van der Waals surface area contributed by atoms with Crippen molar-refractivity contribution >= 4 is 16.9 Å². The zero-order valence-corrected chi connectivity index (χ0v) is 13.3. The third kappa shape index (κ3) is 4.72. The van der Waals surface area contributed by atoms with E-state index < -0.39 is 5.63 Å². The van der Waals surface area contributed by atoms with Crippen molar-refractivity contribution in [3.8, 4) is 17.6 Å². The van der Waals surface area contributed by atoms with Crippen LogP contribution >= 0.6 is 0 Å². The number of ether oxygens (including phenoxy) is 1. The lowest BCUT2D eigenvalue weighted by Crippen LogP contribution is -2.29. The Kier molecular flexibility index (Phi) is 5.13. The first-order valence-corrected chi connectivity index (χ1v) is 7.68. The van der Waals surface area contributed by atoms with Crippen molar-refractivity contribution in [2.45, 2.75) is 0 Å². The second-order valence-electron chi connectivity index (χ2n) is 5.19. The van der Waals surface area contributed by atoms with Crippen LogP contribution in [0.25, 0.3) is 11.0 Å². The summed E-state index contributed by atoms with van der Waals surface area (Å²) in [5.74, 6) is 6.00. The summed E-state index contributed by atoms with van der Waals surface area (Å²) in [4.78, 5) is 23.0. The van der Waals surface area contributed by atoms with Gasteiger partial charge in [0.25, 0.3) is 5.91 Å². The summed E-state index contributed by atoms with van der Waals surface area (Å²) >= 11 is 0. The van der Waals surface area contributed by atoms with Crippen LogP contribution < -0.4 is 15.7 Å². The van der Waals surface area contributed by atoms with Gasteiger partial charge in [-0.25, -0.2) is 4.79 Å². The summed E-state index contributed by atoms with van der Waals surface area (Å²) in [6.45, 7) is 0.0965. The maximum atomic E-state index is 11.8. The first-order valence-electron chi connectivity index (χ1n) is 7.68. The third-order valence-electron chi connectivity index (χ3n) is 3.34. The normalized spacial score (nSPS) is 9.92. The highest BCUT2D eigenvalue weighted by Crippen LogP contribution is 2.19. The van der Waals surface area contributed by atoms with Gasteiger partial charge in [-0.15, -0.1) is 0 Å². The smallest absolute Gasteiger partial charge is 0.336 e. The molecule has 124 valence electrons. The standard InChI is InChI=1S/C20H15NO4/c22-19(21-12-4-7-15-5-2-1-3-6-15)14-24-17-10-8-16-9-11-20(23)25-18(16)13-17/h1-3,5-6,8-11,13H,12,14H2,(H,21,22). The molecule has 0 aliphatic heterocycles. The van der Waals surface area contributed by atoms with Gasteiger partial charge in [0.05, 0.1) is 6.54 Å². The molecule has 0 radical (unpaired) electrons. The van der Waals surface area contributed by atoms with Crippen LogP contribution in [0.1, 0.15) is 5.56 Å². The van der Waals surface area contributed by atoms with Gasteiger partial charge < -0.3 is 14.5 Å². The van der Waals surface area contributed by atoms with Gasteiger partial charge in [0.15, 0.2) is 6.61 Å². The summed E-state index contributed by atoms with van der Waals surface area (Å²) < 4.78 is 10.5. The Morgan fingerprint density at radius 1 is 1.08 bits per heavy atom. The molecule has 5 nitrogen and oxygen atoms in total. The molecule has 25 heavy (non-hydrogen) atoms. The van der Waals surface area contributed by atoms with E-state index in [9.17, 15) is 9.59 Å². The van der Waals surface area contributed by atoms with Gasteiger partial charge in [-0.05, 0) is 30.3 Å². The van der Waals surface area contributed by atoms with Crippen molar-refractivity contribution < 1.29 is 13.9 Å². The Morgan fingerprint density at radius 3 is 2.72 bits per heavy atom. The second kappa shape index (κ2) is 7.84. The molecule has 0 atom stereocenters. The molecule has 0 aliphatic rings. The SMILES string of the molecule is O=C(COc1ccc2ccc(=O)oc2c1)NCC#Cc1ccccc1. The second-order valence-corrected chi connectivity index (χ2v) is 5.19. The molecule has 3 aromatic rings. The van der Waals surface area contributed by atoms with Crippen LogP contribution in [0.5, 0.6) is 5.75 Å². The van der Waals surface area contributed by atoms with Crippen LogP contribution in [0, 0.1) is 11.8 Å². The molecule has 0 unspecified atom stereocenters. The van der Waals surface area contributed by atoms with E-state index in [1.54, 1.807) is 24.3 Å². The van der Waals surface area contributed by atoms with Crippen molar-refractivity contribution in [1.29, 1.82) is 0 Å². The molecule has 0 saturated heterocycles. The molecule has 1 amide bonds. The number of rotatable bonds is 4. The van der Waals surface area contributed by atoms with Crippen molar-refractivity contribution in [1.82, 2.24) is 5.32 Å². The highest BCUT2D eigenvalue weighted by atomic mass is 16.5. The predicted molar refractivity (Wildman–Crippen MR) is 94.3 cm³/mol. The minimum atomic E-state index is -0.431. The molecule has 3 rings (SSSR count). The molecule has 1 heterocycles. The van der Waals surface area contributed by atoms with Crippen molar-refractivity contribution in [3.63, 3.8) is 0 Å². The number of benzene rings is 2. The van der Waals surface area contributed by atoms with Gasteiger partial charge in [-0.2, -0.15) is 0 Å². The molecule has 0 bridgehead atoms. The molecular weight excluding hydrogens is 318 g/mol. The fourth-order valence-electron chi connectivity index (χ4n) is 2.14. The van der Waals surface area contributed by atoms with Crippen molar-refractivity contribution in [2.24, 2.45) is 0 Å². The molecule has 0 saturated carbocycles. The molecule has 2 aromatic carbocycles. The van der Waals surface area contributed by atoms with E-state index in [0.29, 0.717) is 11.3 Å². The highest BCUT2D eigenvalue weighted by molar-refractivity contribution is 5.79. The maximum Gasteiger partial charge on any atom is 0.336 e. The van der Waals surface area contributed by atoms with E-state index in [2.05, 4.69) is 17.2 Å². The first-order chi connectivity index (χ1) is 12.2. The van der Waals surface area contributed by atoms with Crippen LogP contribution in [0.3, 0.4) is 0 Å². The first kappa shape index (κ1) is 16.3. The van der Waals surface area contributed by atoms with E-state index in [-0.39, 0.29) is 19.1 Å². The van der Waals surface area contributed by atoms with E-state index >= 15 is 0 Å². The largest absolute Gasteiger partial charge is 0.484 e. The lowest BCUT2D eigenvalue weighted by molar-refractivity contribution is -0.122. The average molecular weight is 333 g/mol. The fraction of sp³-hybridized carbons (Fsp3) is 0.100. The van der Waals surface area contributed by atoms with Gasteiger partial charge in [0, 0.05) is 23.1 Å². The Labute approximate surface area is 144 Å². The van der Waals surface area contributed by atoms with Gasteiger partial charge in [-0.1, -0.05) is 30.0 Å². The summed E-state index contributed by atoms with van der Waals surface area (Å²) in [5, 5.41) is 3.44. The van der Waals surface area contributed by atoms with Crippen molar-refractivity contribution in [3.05, 3.63) is 76.6 Å². The minimum Gasteiger partial charge on any atom is -0.484 e. The average Bonchev–Trinajstić information content (AvgIpc) is 2.64. The molecule has 0 fully saturated rings. The Morgan fingerprint density at radius 2 is 1.88 bits per heavy atom. The number of amides is 1. The van der Waals surface area contributed by atoms with Gasteiger partial charge >= 0.3 is 5.63 Å². The van der Waals surface area contributed by atoms with Crippen LogP contribution in [0.15, 0.2) is 69.9 Å². The zero-order chi connectivity index (χ0) is 17.5. The zero-order valence-electron chi connectivity index (χ0n) is 13.3. The minimum absolute atomic E-state index is 0.143. The number of hydrogen-bond acceptors (Lipinski definition) is 4. The molecule has 0 aliphatic carbocycles. The summed E-state index contributed by atoms with van der Waals surface area (Å²) in [6, 6.07) is 17.6. The fourth-order valence-corrected chi connectivity index (χ4v) is 2.14. The summed E-state index contributed by atoms with van der Waals surface area (Å²) in [7, 11) is 0. The Hall–Kier alpha value is -3.52. The maximum absolute atomic E-state index is 11.8. The quantitative estimate of drug-likeness (QED) is 0.588. The molecule has 5 heteroatoms. The topological polar surface area (TPSA) is 68.5 Å². The summed E-state index contributed by atoms with van der Waals surface area (Å²) in [6.07, 6.45) is 0. The lowest BCUT2D eigenvalue weighted by atomic mass is 10.2. The van der Waals surface area contributed by atoms with Crippen LogP contribution in [-0.2, 0) is 4.79 Å². The number of fused-ring (bicyclic) bond motifs is 1. The van der Waals surface area contributed by atoms with E-state index in [4.69, 9.17) is 9.15 Å². The van der Waals surface area contributed by atoms with Crippen LogP contribution in [0.4, 0.5) is 0 Å². The van der Waals surface area contributed by atoms with Crippen LogP contribution in [-0.4, -0.2) is 19.1 Å². The summed E-state index contributed by atoms with van der Waals surface area (Å²) in [5.41, 5.74) is 0.879. The molecular formula is C20H15NO4. The number of carbonyl (C=O) groups is 1. The predicted octanol–water partition coefficient (Wildman–Crippen LogP) is 2.34. The lowest BCUT2D eigenvalue weighted by Gasteiger charge is -2.06. The molecule has 1 N–H and O–H groups in total. The van der Waals surface area contributed by atoms with Gasteiger partial charge in [0.2, 0.25) is 0 Å². The van der Waals surface area contributed by atoms with E-state index in [0.717, 1.165) is 10.9 Å². The van der Waals surface area contributed by atoms with E-state index in [1.807, 2.05) is 30.3 Å².